The molecule has 0 unspecified atom stereocenters. The Morgan fingerprint density at radius 3 is 2.81 bits per heavy atom. The summed E-state index contributed by atoms with van der Waals surface area (Å²) in [5.41, 5.74) is 4.96. The highest BCUT2D eigenvalue weighted by molar-refractivity contribution is 5.60. The number of hydrogen-bond donors (Lipinski definition) is 0. The normalized spacial score (nSPS) is 15.7. The van der Waals surface area contributed by atoms with Crippen molar-refractivity contribution >= 4 is 0 Å². The highest BCUT2D eigenvalue weighted by Gasteiger charge is 2.32. The molecule has 1 aliphatic rings. The van der Waals surface area contributed by atoms with Gasteiger partial charge < -0.3 is 9.09 Å². The Morgan fingerprint density at radius 2 is 2.11 bits per heavy atom. The van der Waals surface area contributed by atoms with Crippen molar-refractivity contribution in [2.24, 2.45) is 12.5 Å². The molecule has 1 aliphatic carbocycles. The molecule has 3 heterocycles. The first-order valence-corrected chi connectivity index (χ1v) is 9.39. The van der Waals surface area contributed by atoms with Crippen LogP contribution in [0.4, 0.5) is 0 Å². The van der Waals surface area contributed by atoms with Crippen molar-refractivity contribution in [1.29, 1.82) is 0 Å². The molecule has 0 aliphatic heterocycles. The lowest BCUT2D eigenvalue weighted by atomic mass is 9.76. The van der Waals surface area contributed by atoms with Crippen LogP contribution in [0.3, 0.4) is 0 Å². The quantitative estimate of drug-likeness (QED) is 0.710. The van der Waals surface area contributed by atoms with Crippen molar-refractivity contribution in [3.63, 3.8) is 0 Å². The first-order chi connectivity index (χ1) is 12.8. The molecular weight excluding hydrogens is 342 g/mol. The molecule has 0 fully saturated rings. The molecule has 7 heteroatoms. The van der Waals surface area contributed by atoms with Crippen molar-refractivity contribution in [3.8, 4) is 23.0 Å². The van der Waals surface area contributed by atoms with E-state index in [0.717, 1.165) is 37.1 Å². The van der Waals surface area contributed by atoms with Crippen LogP contribution >= 0.6 is 0 Å². The molecule has 3 aromatic heterocycles. The van der Waals surface area contributed by atoms with E-state index in [1.807, 2.05) is 0 Å². The van der Waals surface area contributed by atoms with Crippen LogP contribution in [0.25, 0.3) is 23.0 Å². The maximum Gasteiger partial charge on any atom is 0.279 e. The van der Waals surface area contributed by atoms with Crippen molar-refractivity contribution in [1.82, 2.24) is 24.5 Å². The van der Waals surface area contributed by atoms with Crippen molar-refractivity contribution in [2.45, 2.75) is 53.5 Å². The van der Waals surface area contributed by atoms with Crippen LogP contribution in [0.5, 0.6) is 0 Å². The van der Waals surface area contributed by atoms with Gasteiger partial charge >= 0.3 is 0 Å². The molecule has 0 N–H and O–H groups in total. The number of aromatic nitrogens is 5. The van der Waals surface area contributed by atoms with E-state index in [-0.39, 0.29) is 11.0 Å². The van der Waals surface area contributed by atoms with Gasteiger partial charge in [-0.25, -0.2) is 0 Å². The van der Waals surface area contributed by atoms with Crippen LogP contribution in [-0.4, -0.2) is 24.5 Å². The fourth-order valence-electron chi connectivity index (χ4n) is 3.87. The van der Waals surface area contributed by atoms with Crippen molar-refractivity contribution in [2.75, 3.05) is 0 Å². The molecular formula is C20H25N5O2. The summed E-state index contributed by atoms with van der Waals surface area (Å²) in [5, 5.41) is 8.90. The molecule has 4 rings (SSSR count). The largest absolute Gasteiger partial charge is 0.332 e. The molecule has 0 saturated carbocycles. The van der Waals surface area contributed by atoms with Gasteiger partial charge in [-0.2, -0.15) is 10.1 Å². The Bertz CT molecular complexity index is 1040. The average molecular weight is 367 g/mol. The molecule has 7 nitrogen and oxygen atoms in total. The minimum Gasteiger partial charge on any atom is -0.332 e. The second-order valence-electron chi connectivity index (χ2n) is 8.18. The van der Waals surface area contributed by atoms with Crippen LogP contribution in [0.15, 0.2) is 21.6 Å². The van der Waals surface area contributed by atoms with Gasteiger partial charge in [0.1, 0.15) is 0 Å². The van der Waals surface area contributed by atoms with Gasteiger partial charge in [-0.05, 0) is 44.6 Å². The lowest BCUT2D eigenvalue weighted by Crippen LogP contribution is -2.24. The topological polar surface area (TPSA) is 78.7 Å². The third kappa shape index (κ3) is 3.01. The predicted octanol–water partition coefficient (Wildman–Crippen LogP) is 3.14. The van der Waals surface area contributed by atoms with Gasteiger partial charge in [0.05, 0.1) is 0 Å². The molecule has 0 amide bonds. The van der Waals surface area contributed by atoms with Gasteiger partial charge in [0.2, 0.25) is 5.82 Å². The summed E-state index contributed by atoms with van der Waals surface area (Å²) in [7, 11) is 1.72. The highest BCUT2D eigenvalue weighted by atomic mass is 16.5. The van der Waals surface area contributed by atoms with Gasteiger partial charge in [0.15, 0.2) is 5.69 Å². The molecule has 27 heavy (non-hydrogen) atoms. The van der Waals surface area contributed by atoms with E-state index in [1.54, 1.807) is 26.2 Å². The van der Waals surface area contributed by atoms with E-state index in [9.17, 15) is 4.79 Å². The van der Waals surface area contributed by atoms with E-state index in [0.29, 0.717) is 17.3 Å². The monoisotopic (exact) mass is 367 g/mol. The second-order valence-corrected chi connectivity index (χ2v) is 8.18. The zero-order valence-electron chi connectivity index (χ0n) is 16.5. The van der Waals surface area contributed by atoms with E-state index in [2.05, 4.69) is 35.6 Å². The number of rotatable bonds is 3. The smallest absolute Gasteiger partial charge is 0.279 e. The maximum absolute atomic E-state index is 11.9. The van der Waals surface area contributed by atoms with Crippen LogP contribution in [0.2, 0.25) is 0 Å². The molecule has 0 radical (unpaired) electrons. The van der Waals surface area contributed by atoms with Gasteiger partial charge in [0.25, 0.3) is 11.4 Å². The van der Waals surface area contributed by atoms with Crippen LogP contribution in [0, 0.1) is 12.3 Å². The number of pyridine rings is 1. The highest BCUT2D eigenvalue weighted by Crippen LogP contribution is 2.38. The number of aryl methyl sites for hydroxylation is 3. The first kappa shape index (κ1) is 17.7. The molecule has 0 aromatic carbocycles. The fraction of sp³-hybridized carbons (Fsp3) is 0.500. The minimum absolute atomic E-state index is 0.0270. The number of nitrogens with zero attached hydrogens (tertiary/aromatic N) is 5. The third-order valence-corrected chi connectivity index (χ3v) is 5.41. The summed E-state index contributed by atoms with van der Waals surface area (Å²) in [5.74, 6) is 0.916. The Hall–Kier alpha value is -2.70. The maximum atomic E-state index is 11.9. The SMILES string of the molecule is CCn1nc(-c2nc(-c3cc(C)c(=O)n(C)c3)no2)c2c1CC(C)(C)CC2. The summed E-state index contributed by atoms with van der Waals surface area (Å²) in [6.45, 7) is 9.31. The standard InChI is InChI=1S/C20H25N5O2/c1-6-25-15-10-20(3,4)8-7-14(15)16(22-25)18-21-17(23-27-18)13-9-12(2)19(26)24(5)11-13/h9,11H,6-8,10H2,1-5H3. The van der Waals surface area contributed by atoms with Crippen LogP contribution < -0.4 is 5.56 Å². The number of hydrogen-bond acceptors (Lipinski definition) is 5. The fourth-order valence-corrected chi connectivity index (χ4v) is 3.87. The Labute approximate surface area is 158 Å². The summed E-state index contributed by atoms with van der Waals surface area (Å²) in [6, 6.07) is 1.79. The second kappa shape index (κ2) is 6.18. The zero-order chi connectivity index (χ0) is 19.3. The molecule has 0 atom stereocenters. The summed E-state index contributed by atoms with van der Waals surface area (Å²) in [4.78, 5) is 16.5. The van der Waals surface area contributed by atoms with E-state index >= 15 is 0 Å². The van der Waals surface area contributed by atoms with E-state index < -0.39 is 0 Å². The van der Waals surface area contributed by atoms with Gasteiger partial charge in [-0.15, -0.1) is 0 Å². The van der Waals surface area contributed by atoms with Crippen LogP contribution in [-0.2, 0) is 26.4 Å². The summed E-state index contributed by atoms with van der Waals surface area (Å²) in [6.07, 6.45) is 4.81. The number of fused-ring (bicyclic) bond motifs is 1. The van der Waals surface area contributed by atoms with Gasteiger partial charge in [0, 0.05) is 42.2 Å². The third-order valence-electron chi connectivity index (χ3n) is 5.41. The minimum atomic E-state index is -0.0270. The van der Waals surface area contributed by atoms with Gasteiger partial charge in [-0.3, -0.25) is 9.48 Å². The lowest BCUT2D eigenvalue weighted by molar-refractivity contribution is 0.304. The predicted molar refractivity (Wildman–Crippen MR) is 102 cm³/mol. The first-order valence-electron chi connectivity index (χ1n) is 9.39. The molecule has 0 bridgehead atoms. The average Bonchev–Trinajstić information content (AvgIpc) is 3.22. The summed E-state index contributed by atoms with van der Waals surface area (Å²) < 4.78 is 9.17. The van der Waals surface area contributed by atoms with Gasteiger partial charge in [-0.1, -0.05) is 19.0 Å². The van der Waals surface area contributed by atoms with E-state index in [1.165, 1.54) is 15.8 Å². The Morgan fingerprint density at radius 1 is 1.33 bits per heavy atom. The molecule has 0 spiro atoms. The molecule has 142 valence electrons. The zero-order valence-corrected chi connectivity index (χ0v) is 16.5. The Balaban J connectivity index is 1.77. The van der Waals surface area contributed by atoms with Crippen LogP contribution in [0.1, 0.15) is 44.0 Å². The van der Waals surface area contributed by atoms with Crippen molar-refractivity contribution < 1.29 is 4.52 Å². The van der Waals surface area contributed by atoms with E-state index in [4.69, 9.17) is 9.62 Å². The lowest BCUT2D eigenvalue weighted by Gasteiger charge is -2.30. The molecule has 3 aromatic rings. The summed E-state index contributed by atoms with van der Waals surface area (Å²) >= 11 is 0. The van der Waals surface area contributed by atoms with Crippen molar-refractivity contribution in [3.05, 3.63) is 39.4 Å². The Kier molecular flexibility index (Phi) is 4.05. The molecule has 0 saturated heterocycles.